The minimum Gasteiger partial charge on any atom is -0.493 e. The SMILES string of the molecule is C[C@H](NC(=O)CCOc1ccc([N+](=O)[O-])cc1)c1ccc(Cl)cc1. The van der Waals surface area contributed by atoms with E-state index in [1.165, 1.54) is 24.3 Å². The first-order chi connectivity index (χ1) is 11.5. The fourth-order valence-electron chi connectivity index (χ4n) is 2.07. The Morgan fingerprint density at radius 3 is 2.42 bits per heavy atom. The van der Waals surface area contributed by atoms with Crippen molar-refractivity contribution in [3.63, 3.8) is 0 Å². The molecule has 0 aliphatic rings. The maximum absolute atomic E-state index is 11.9. The molecule has 0 heterocycles. The van der Waals surface area contributed by atoms with Crippen LogP contribution in [0.2, 0.25) is 5.02 Å². The minimum absolute atomic E-state index is 0.00289. The Morgan fingerprint density at radius 2 is 1.83 bits per heavy atom. The maximum atomic E-state index is 11.9. The van der Waals surface area contributed by atoms with E-state index in [0.29, 0.717) is 10.8 Å². The fraction of sp³-hybridized carbons (Fsp3) is 0.235. The summed E-state index contributed by atoms with van der Waals surface area (Å²) in [5, 5.41) is 14.1. The zero-order chi connectivity index (χ0) is 17.5. The number of benzene rings is 2. The van der Waals surface area contributed by atoms with E-state index in [0.717, 1.165) is 5.56 Å². The van der Waals surface area contributed by atoms with Gasteiger partial charge < -0.3 is 10.1 Å². The Morgan fingerprint density at radius 1 is 1.21 bits per heavy atom. The Bertz CT molecular complexity index is 702. The van der Waals surface area contributed by atoms with Gasteiger partial charge in [0.25, 0.3) is 5.69 Å². The second-order valence-corrected chi connectivity index (χ2v) is 5.63. The van der Waals surface area contributed by atoms with Crippen molar-refractivity contribution in [2.75, 3.05) is 6.61 Å². The lowest BCUT2D eigenvalue weighted by atomic mass is 10.1. The highest BCUT2D eigenvalue weighted by Crippen LogP contribution is 2.18. The van der Waals surface area contributed by atoms with Gasteiger partial charge in [0, 0.05) is 17.2 Å². The summed E-state index contributed by atoms with van der Waals surface area (Å²) in [7, 11) is 0. The molecular formula is C17H17ClN2O4. The molecule has 6 nitrogen and oxygen atoms in total. The molecule has 24 heavy (non-hydrogen) atoms. The predicted octanol–water partition coefficient (Wildman–Crippen LogP) is 3.89. The first kappa shape index (κ1) is 17.7. The van der Waals surface area contributed by atoms with Crippen LogP contribution in [-0.2, 0) is 4.79 Å². The Balaban J connectivity index is 1.76. The van der Waals surface area contributed by atoms with E-state index >= 15 is 0 Å². The van der Waals surface area contributed by atoms with E-state index in [1.807, 2.05) is 19.1 Å². The molecule has 0 aliphatic carbocycles. The Hall–Kier alpha value is -2.60. The number of halogens is 1. The predicted molar refractivity (Wildman–Crippen MR) is 91.2 cm³/mol. The number of nitro benzene ring substituents is 1. The number of non-ortho nitro benzene ring substituents is 1. The second-order valence-electron chi connectivity index (χ2n) is 5.19. The number of nitrogens with one attached hydrogen (secondary N) is 1. The number of carbonyl (C=O) groups is 1. The normalized spacial score (nSPS) is 11.6. The van der Waals surface area contributed by atoms with Crippen molar-refractivity contribution < 1.29 is 14.5 Å². The van der Waals surface area contributed by atoms with Gasteiger partial charge in [-0.1, -0.05) is 23.7 Å². The molecule has 2 aromatic carbocycles. The average Bonchev–Trinajstić information content (AvgIpc) is 2.55. The molecule has 1 amide bonds. The number of hydrogen-bond donors (Lipinski definition) is 1. The molecule has 2 aromatic rings. The lowest BCUT2D eigenvalue weighted by Crippen LogP contribution is -2.27. The summed E-state index contributed by atoms with van der Waals surface area (Å²) >= 11 is 5.83. The van der Waals surface area contributed by atoms with Crippen LogP contribution in [0.3, 0.4) is 0 Å². The van der Waals surface area contributed by atoms with Gasteiger partial charge in [0.05, 0.1) is 24.0 Å². The van der Waals surface area contributed by atoms with Crippen LogP contribution in [0.25, 0.3) is 0 Å². The van der Waals surface area contributed by atoms with E-state index in [9.17, 15) is 14.9 Å². The van der Waals surface area contributed by atoms with Crippen LogP contribution in [0, 0.1) is 10.1 Å². The van der Waals surface area contributed by atoms with Gasteiger partial charge in [0.15, 0.2) is 0 Å². The highest BCUT2D eigenvalue weighted by molar-refractivity contribution is 6.30. The van der Waals surface area contributed by atoms with Gasteiger partial charge in [0.2, 0.25) is 5.91 Å². The van der Waals surface area contributed by atoms with Gasteiger partial charge >= 0.3 is 0 Å². The van der Waals surface area contributed by atoms with E-state index in [2.05, 4.69) is 5.32 Å². The fourth-order valence-corrected chi connectivity index (χ4v) is 2.20. The number of rotatable bonds is 7. The Labute approximate surface area is 144 Å². The van der Waals surface area contributed by atoms with Crippen LogP contribution in [0.5, 0.6) is 5.75 Å². The number of ether oxygens (including phenoxy) is 1. The van der Waals surface area contributed by atoms with Crippen LogP contribution < -0.4 is 10.1 Å². The van der Waals surface area contributed by atoms with Gasteiger partial charge in [-0.3, -0.25) is 14.9 Å². The second kappa shape index (κ2) is 8.31. The number of amides is 1. The summed E-state index contributed by atoms with van der Waals surface area (Å²) in [6.45, 7) is 2.08. The molecule has 1 N–H and O–H groups in total. The molecule has 0 saturated carbocycles. The summed E-state index contributed by atoms with van der Waals surface area (Å²) < 4.78 is 5.41. The van der Waals surface area contributed by atoms with Crippen molar-refractivity contribution in [1.29, 1.82) is 0 Å². The van der Waals surface area contributed by atoms with Gasteiger partial charge in [0.1, 0.15) is 5.75 Å². The molecule has 126 valence electrons. The van der Waals surface area contributed by atoms with E-state index in [1.54, 1.807) is 12.1 Å². The van der Waals surface area contributed by atoms with E-state index in [-0.39, 0.29) is 30.7 Å². The van der Waals surface area contributed by atoms with Gasteiger partial charge in [-0.05, 0) is 36.8 Å². The quantitative estimate of drug-likeness (QED) is 0.607. The van der Waals surface area contributed by atoms with Crippen molar-refractivity contribution >= 4 is 23.2 Å². The summed E-state index contributed by atoms with van der Waals surface area (Å²) in [4.78, 5) is 22.0. The van der Waals surface area contributed by atoms with Crippen LogP contribution >= 0.6 is 11.6 Å². The zero-order valence-electron chi connectivity index (χ0n) is 13.1. The minimum atomic E-state index is -0.477. The van der Waals surface area contributed by atoms with Crippen molar-refractivity contribution in [3.05, 3.63) is 69.2 Å². The smallest absolute Gasteiger partial charge is 0.269 e. The van der Waals surface area contributed by atoms with Crippen molar-refractivity contribution in [1.82, 2.24) is 5.32 Å². The van der Waals surface area contributed by atoms with Crippen molar-refractivity contribution in [2.24, 2.45) is 0 Å². The van der Waals surface area contributed by atoms with Gasteiger partial charge in [-0.25, -0.2) is 0 Å². The maximum Gasteiger partial charge on any atom is 0.269 e. The molecule has 1 atom stereocenters. The van der Waals surface area contributed by atoms with Crippen LogP contribution in [0.4, 0.5) is 5.69 Å². The molecule has 2 rings (SSSR count). The summed E-state index contributed by atoms with van der Waals surface area (Å²) in [6.07, 6.45) is 0.189. The molecule has 0 saturated heterocycles. The van der Waals surface area contributed by atoms with Crippen molar-refractivity contribution in [2.45, 2.75) is 19.4 Å². The zero-order valence-corrected chi connectivity index (χ0v) is 13.8. The summed E-state index contributed by atoms with van der Waals surface area (Å²) in [6, 6.07) is 12.9. The molecule has 0 bridgehead atoms. The molecule has 7 heteroatoms. The average molecular weight is 349 g/mol. The first-order valence-corrected chi connectivity index (χ1v) is 7.75. The largest absolute Gasteiger partial charge is 0.493 e. The third-order valence-electron chi connectivity index (χ3n) is 3.39. The summed E-state index contributed by atoms with van der Waals surface area (Å²) in [5.74, 6) is 0.346. The van der Waals surface area contributed by atoms with Gasteiger partial charge in [-0.15, -0.1) is 0 Å². The molecule has 0 unspecified atom stereocenters. The van der Waals surface area contributed by atoms with E-state index < -0.39 is 4.92 Å². The van der Waals surface area contributed by atoms with Crippen LogP contribution in [0.1, 0.15) is 24.9 Å². The van der Waals surface area contributed by atoms with Gasteiger partial charge in [-0.2, -0.15) is 0 Å². The monoisotopic (exact) mass is 348 g/mol. The summed E-state index contributed by atoms with van der Waals surface area (Å²) in [5.41, 5.74) is 0.959. The topological polar surface area (TPSA) is 81.5 Å². The molecule has 0 radical (unpaired) electrons. The number of carbonyl (C=O) groups excluding carboxylic acids is 1. The lowest BCUT2D eigenvalue weighted by Gasteiger charge is -2.14. The van der Waals surface area contributed by atoms with E-state index in [4.69, 9.17) is 16.3 Å². The first-order valence-electron chi connectivity index (χ1n) is 7.38. The third-order valence-corrected chi connectivity index (χ3v) is 3.64. The van der Waals surface area contributed by atoms with Crippen LogP contribution in [-0.4, -0.2) is 17.4 Å². The Kier molecular flexibility index (Phi) is 6.14. The third kappa shape index (κ3) is 5.24. The van der Waals surface area contributed by atoms with Crippen LogP contribution in [0.15, 0.2) is 48.5 Å². The molecule has 0 fully saturated rings. The number of nitrogens with zero attached hydrogens (tertiary/aromatic N) is 1. The lowest BCUT2D eigenvalue weighted by molar-refractivity contribution is -0.384. The highest BCUT2D eigenvalue weighted by Gasteiger charge is 2.10. The van der Waals surface area contributed by atoms with Crippen molar-refractivity contribution in [3.8, 4) is 5.75 Å². The standard InChI is InChI=1S/C17H17ClN2O4/c1-12(13-2-4-14(18)5-3-13)19-17(21)10-11-24-16-8-6-15(7-9-16)20(22)23/h2-9,12H,10-11H2,1H3,(H,19,21)/t12-/m0/s1. The number of hydrogen-bond acceptors (Lipinski definition) is 4. The molecule has 0 aliphatic heterocycles. The number of nitro groups is 1. The molecule has 0 spiro atoms. The molecular weight excluding hydrogens is 332 g/mol. The highest BCUT2D eigenvalue weighted by atomic mass is 35.5. The molecule has 0 aromatic heterocycles.